The third kappa shape index (κ3) is 2.31. The summed E-state index contributed by atoms with van der Waals surface area (Å²) in [6.07, 6.45) is 3.45. The predicted molar refractivity (Wildman–Crippen MR) is 75.9 cm³/mol. The van der Waals surface area contributed by atoms with Crippen LogP contribution in [0.1, 0.15) is 18.4 Å². The number of anilines is 1. The lowest BCUT2D eigenvalue weighted by atomic mass is 10.2. The molecule has 0 spiro atoms. The molecular formula is C14H17BrN2O. The summed E-state index contributed by atoms with van der Waals surface area (Å²) >= 11 is 3.48. The Labute approximate surface area is 116 Å². The number of hydrogen-bond donors (Lipinski definition) is 0. The Bertz CT molecular complexity index is 485. The maximum Gasteiger partial charge on any atom is 0.241 e. The van der Waals surface area contributed by atoms with Gasteiger partial charge < -0.3 is 4.90 Å². The molecule has 1 amide bonds. The van der Waals surface area contributed by atoms with Crippen LogP contribution in [-0.4, -0.2) is 37.0 Å². The molecule has 3 rings (SSSR count). The molecule has 0 aromatic heterocycles. The number of likely N-dealkylation sites (N-methyl/N-ethyl adjacent to an activating group) is 1. The quantitative estimate of drug-likeness (QED) is 0.856. The lowest BCUT2D eigenvalue weighted by molar-refractivity contribution is -0.119. The number of amides is 1. The molecule has 1 aliphatic heterocycles. The van der Waals surface area contributed by atoms with E-state index in [2.05, 4.69) is 26.9 Å². The summed E-state index contributed by atoms with van der Waals surface area (Å²) in [5, 5.41) is 0. The van der Waals surface area contributed by atoms with Gasteiger partial charge in [-0.2, -0.15) is 0 Å². The molecule has 2 aliphatic rings. The summed E-state index contributed by atoms with van der Waals surface area (Å²) in [4.78, 5) is 16.4. The zero-order valence-electron chi connectivity index (χ0n) is 10.5. The van der Waals surface area contributed by atoms with Gasteiger partial charge in [-0.1, -0.05) is 15.9 Å². The number of rotatable bonds is 3. The highest BCUT2D eigenvalue weighted by atomic mass is 79.9. The van der Waals surface area contributed by atoms with E-state index >= 15 is 0 Å². The lowest BCUT2D eigenvalue weighted by Crippen LogP contribution is -2.38. The van der Waals surface area contributed by atoms with E-state index in [4.69, 9.17) is 0 Å². The van der Waals surface area contributed by atoms with Crippen LogP contribution in [0.5, 0.6) is 0 Å². The molecule has 0 unspecified atom stereocenters. The molecule has 1 fully saturated rings. The lowest BCUT2D eigenvalue weighted by Gasteiger charge is -2.21. The third-order valence-electron chi connectivity index (χ3n) is 3.79. The Morgan fingerprint density at radius 3 is 3.00 bits per heavy atom. The standard InChI is InChI=1S/C14H17BrN2O/c1-16(12-3-4-12)9-14(18)17-7-6-10-8-11(15)2-5-13(10)17/h2,5,8,12H,3-4,6-7,9H2,1H3. The molecule has 0 saturated heterocycles. The van der Waals surface area contributed by atoms with Crippen LogP contribution >= 0.6 is 15.9 Å². The molecule has 96 valence electrons. The molecule has 1 aliphatic carbocycles. The van der Waals surface area contributed by atoms with Crippen LogP contribution in [0, 0.1) is 0 Å². The molecule has 0 atom stereocenters. The number of hydrogen-bond acceptors (Lipinski definition) is 2. The van der Waals surface area contributed by atoms with Crippen LogP contribution in [0.4, 0.5) is 5.69 Å². The van der Waals surface area contributed by atoms with Crippen molar-refractivity contribution in [1.82, 2.24) is 4.90 Å². The van der Waals surface area contributed by atoms with Gasteiger partial charge in [0.25, 0.3) is 0 Å². The molecule has 4 heteroatoms. The molecule has 3 nitrogen and oxygen atoms in total. The second-order valence-electron chi connectivity index (χ2n) is 5.21. The number of fused-ring (bicyclic) bond motifs is 1. The molecule has 1 saturated carbocycles. The fourth-order valence-electron chi connectivity index (χ4n) is 2.57. The van der Waals surface area contributed by atoms with Crippen molar-refractivity contribution in [2.75, 3.05) is 25.0 Å². The summed E-state index contributed by atoms with van der Waals surface area (Å²) in [5.41, 5.74) is 2.36. The van der Waals surface area contributed by atoms with Gasteiger partial charge in [0.05, 0.1) is 6.54 Å². The minimum absolute atomic E-state index is 0.227. The molecule has 18 heavy (non-hydrogen) atoms. The summed E-state index contributed by atoms with van der Waals surface area (Å²) in [6.45, 7) is 1.36. The van der Waals surface area contributed by atoms with E-state index in [1.165, 1.54) is 18.4 Å². The third-order valence-corrected chi connectivity index (χ3v) is 4.29. The minimum atomic E-state index is 0.227. The van der Waals surface area contributed by atoms with Gasteiger partial charge in [-0.15, -0.1) is 0 Å². The summed E-state index contributed by atoms with van der Waals surface area (Å²) in [7, 11) is 2.05. The van der Waals surface area contributed by atoms with Gasteiger partial charge in [0.1, 0.15) is 0 Å². The van der Waals surface area contributed by atoms with Gasteiger partial charge in [0.2, 0.25) is 5.91 Å². The highest BCUT2D eigenvalue weighted by Crippen LogP contribution is 2.31. The fraction of sp³-hybridized carbons (Fsp3) is 0.500. The van der Waals surface area contributed by atoms with E-state index in [-0.39, 0.29) is 5.91 Å². The number of benzene rings is 1. The van der Waals surface area contributed by atoms with Crippen LogP contribution in [0.2, 0.25) is 0 Å². The van der Waals surface area contributed by atoms with Crippen molar-refractivity contribution in [1.29, 1.82) is 0 Å². The van der Waals surface area contributed by atoms with Crippen molar-refractivity contribution < 1.29 is 4.79 Å². The SMILES string of the molecule is CN(CC(=O)N1CCc2cc(Br)ccc21)C1CC1. The van der Waals surface area contributed by atoms with Crippen LogP contribution in [0.15, 0.2) is 22.7 Å². The van der Waals surface area contributed by atoms with Gasteiger partial charge in [-0.25, -0.2) is 0 Å². The van der Waals surface area contributed by atoms with Gasteiger partial charge >= 0.3 is 0 Å². The van der Waals surface area contributed by atoms with E-state index in [0.717, 1.165) is 23.1 Å². The highest BCUT2D eigenvalue weighted by molar-refractivity contribution is 9.10. The van der Waals surface area contributed by atoms with E-state index in [9.17, 15) is 4.79 Å². The monoisotopic (exact) mass is 308 g/mol. The zero-order chi connectivity index (χ0) is 12.7. The predicted octanol–water partition coefficient (Wildman–Crippen LogP) is 2.43. The van der Waals surface area contributed by atoms with Gasteiger partial charge in [0.15, 0.2) is 0 Å². The van der Waals surface area contributed by atoms with Crippen LogP contribution in [-0.2, 0) is 11.2 Å². The van der Waals surface area contributed by atoms with Crippen molar-refractivity contribution in [3.63, 3.8) is 0 Å². The molecular weight excluding hydrogens is 292 g/mol. The molecule has 1 heterocycles. The summed E-state index contributed by atoms with van der Waals surface area (Å²) in [5.74, 6) is 0.227. The van der Waals surface area contributed by atoms with Gasteiger partial charge in [-0.05, 0) is 50.1 Å². The van der Waals surface area contributed by atoms with Crippen molar-refractivity contribution in [2.24, 2.45) is 0 Å². The first-order valence-corrected chi connectivity index (χ1v) is 7.23. The largest absolute Gasteiger partial charge is 0.311 e. The van der Waals surface area contributed by atoms with Crippen LogP contribution < -0.4 is 4.90 Å². The number of carbonyl (C=O) groups is 1. The molecule has 0 radical (unpaired) electrons. The van der Waals surface area contributed by atoms with Gasteiger partial charge in [-0.3, -0.25) is 9.69 Å². The van der Waals surface area contributed by atoms with E-state index in [1.54, 1.807) is 0 Å². The maximum atomic E-state index is 12.3. The van der Waals surface area contributed by atoms with Gasteiger partial charge in [0, 0.05) is 22.7 Å². The molecule has 1 aromatic rings. The number of carbonyl (C=O) groups excluding carboxylic acids is 1. The Kier molecular flexibility index (Phi) is 3.16. The van der Waals surface area contributed by atoms with Crippen LogP contribution in [0.25, 0.3) is 0 Å². The van der Waals surface area contributed by atoms with Crippen molar-refractivity contribution in [3.8, 4) is 0 Å². The molecule has 1 aromatic carbocycles. The smallest absolute Gasteiger partial charge is 0.241 e. The first-order chi connectivity index (χ1) is 8.65. The second-order valence-corrected chi connectivity index (χ2v) is 6.13. The van der Waals surface area contributed by atoms with E-state index in [1.807, 2.05) is 24.1 Å². The Morgan fingerprint density at radius 1 is 1.50 bits per heavy atom. The van der Waals surface area contributed by atoms with Crippen molar-refractivity contribution in [3.05, 3.63) is 28.2 Å². The minimum Gasteiger partial charge on any atom is -0.311 e. The molecule has 0 bridgehead atoms. The Balaban J connectivity index is 1.72. The first kappa shape index (κ1) is 12.2. The van der Waals surface area contributed by atoms with Crippen molar-refractivity contribution >= 4 is 27.5 Å². The molecule has 0 N–H and O–H groups in total. The summed E-state index contributed by atoms with van der Waals surface area (Å²) < 4.78 is 1.09. The van der Waals surface area contributed by atoms with E-state index < -0.39 is 0 Å². The normalized spacial score (nSPS) is 18.3. The topological polar surface area (TPSA) is 23.6 Å². The summed E-state index contributed by atoms with van der Waals surface area (Å²) in [6, 6.07) is 6.81. The maximum absolute atomic E-state index is 12.3. The van der Waals surface area contributed by atoms with Crippen LogP contribution in [0.3, 0.4) is 0 Å². The average molecular weight is 309 g/mol. The number of halogens is 1. The second kappa shape index (κ2) is 4.67. The first-order valence-electron chi connectivity index (χ1n) is 6.44. The van der Waals surface area contributed by atoms with E-state index in [0.29, 0.717) is 12.6 Å². The zero-order valence-corrected chi connectivity index (χ0v) is 12.1. The fourth-order valence-corrected chi connectivity index (χ4v) is 2.98. The number of nitrogens with zero attached hydrogens (tertiary/aromatic N) is 2. The average Bonchev–Trinajstić information content (AvgIpc) is 3.09. The Morgan fingerprint density at radius 2 is 2.28 bits per heavy atom. The van der Waals surface area contributed by atoms with Crippen molar-refractivity contribution in [2.45, 2.75) is 25.3 Å². The highest BCUT2D eigenvalue weighted by Gasteiger charge is 2.30. The Hall–Kier alpha value is -0.870.